The number of hydrogen-bond donors (Lipinski definition) is 1. The molecule has 1 aromatic heterocycles. The molecule has 12 heavy (non-hydrogen) atoms. The Hall–Kier alpha value is -1.09. The molecule has 1 aliphatic rings. The largest absolute Gasteiger partial charge is 0.367 e. The van der Waals surface area contributed by atoms with Crippen molar-refractivity contribution in [3.8, 4) is 0 Å². The second-order valence-corrected chi connectivity index (χ2v) is 2.90. The van der Waals surface area contributed by atoms with Crippen LogP contribution in [0.15, 0.2) is 23.3 Å². The van der Waals surface area contributed by atoms with Gasteiger partial charge in [-0.25, -0.2) is 0 Å². The van der Waals surface area contributed by atoms with Gasteiger partial charge in [-0.2, -0.15) is 0 Å². The molecule has 0 amide bonds. The summed E-state index contributed by atoms with van der Waals surface area (Å²) in [5, 5.41) is 3.76. The summed E-state index contributed by atoms with van der Waals surface area (Å²) in [6, 6.07) is 3.62. The number of rotatable bonds is 1. The molecule has 3 nitrogen and oxygen atoms in total. The van der Waals surface area contributed by atoms with E-state index in [0.717, 1.165) is 24.6 Å². The van der Waals surface area contributed by atoms with Crippen molar-refractivity contribution in [2.75, 3.05) is 13.1 Å². The van der Waals surface area contributed by atoms with Gasteiger partial charge in [0.25, 0.3) is 0 Å². The lowest BCUT2D eigenvalue weighted by Crippen LogP contribution is -2.20. The maximum Gasteiger partial charge on any atom is 0.148 e. The maximum absolute atomic E-state index is 5.92. The average molecular weight is 182 g/mol. The first kappa shape index (κ1) is 7.55. The van der Waals surface area contributed by atoms with Crippen LogP contribution in [0.1, 0.15) is 5.69 Å². The molecule has 0 unspecified atom stereocenters. The average Bonchev–Trinajstić information content (AvgIpc) is 2.57. The third-order valence-corrected chi connectivity index (χ3v) is 1.96. The summed E-state index contributed by atoms with van der Waals surface area (Å²) in [5.41, 5.74) is 0.747. The highest BCUT2D eigenvalue weighted by Crippen LogP contribution is 2.13. The molecule has 0 saturated carbocycles. The van der Waals surface area contributed by atoms with Crippen LogP contribution < -0.4 is 5.32 Å². The van der Waals surface area contributed by atoms with Gasteiger partial charge in [-0.15, -0.1) is 0 Å². The number of nitrogens with zero attached hydrogens (tertiary/aromatic N) is 2. The van der Waals surface area contributed by atoms with Crippen LogP contribution in [0, 0.1) is 0 Å². The van der Waals surface area contributed by atoms with Crippen LogP contribution in [0.25, 0.3) is 0 Å². The quantitative estimate of drug-likeness (QED) is 0.704. The molecule has 0 fully saturated rings. The molecule has 1 aliphatic heterocycles. The summed E-state index contributed by atoms with van der Waals surface area (Å²) in [4.78, 5) is 8.36. The van der Waals surface area contributed by atoms with E-state index < -0.39 is 0 Å². The van der Waals surface area contributed by atoms with Crippen molar-refractivity contribution >= 4 is 17.4 Å². The van der Waals surface area contributed by atoms with E-state index in [-0.39, 0.29) is 0 Å². The van der Waals surface area contributed by atoms with Crippen molar-refractivity contribution in [3.63, 3.8) is 0 Å². The predicted octanol–water partition coefficient (Wildman–Crippen LogP) is 1.08. The van der Waals surface area contributed by atoms with Gasteiger partial charge >= 0.3 is 0 Å². The second kappa shape index (κ2) is 3.11. The van der Waals surface area contributed by atoms with Crippen molar-refractivity contribution in [1.29, 1.82) is 0 Å². The molecule has 0 radical (unpaired) electrons. The standard InChI is InChI=1S/C8H8ClN3/c9-6-2-1-3-10-7(6)8-11-4-5-12-8/h1-3H,4-5H2,(H,11,12). The number of hydrogen-bond acceptors (Lipinski definition) is 3. The third kappa shape index (κ3) is 1.28. The molecule has 0 aromatic carbocycles. The highest BCUT2D eigenvalue weighted by Gasteiger charge is 2.11. The fourth-order valence-electron chi connectivity index (χ4n) is 1.12. The van der Waals surface area contributed by atoms with Gasteiger partial charge in [0.2, 0.25) is 0 Å². The van der Waals surface area contributed by atoms with Crippen molar-refractivity contribution in [1.82, 2.24) is 10.3 Å². The summed E-state index contributed by atoms with van der Waals surface area (Å²) in [7, 11) is 0. The van der Waals surface area contributed by atoms with Gasteiger partial charge in [0.05, 0.1) is 11.6 Å². The van der Waals surface area contributed by atoms with E-state index >= 15 is 0 Å². The van der Waals surface area contributed by atoms with Crippen LogP contribution in [-0.2, 0) is 0 Å². The summed E-state index contributed by atoms with van der Waals surface area (Å²) in [5.74, 6) is 0.806. The van der Waals surface area contributed by atoms with Crippen molar-refractivity contribution in [2.24, 2.45) is 4.99 Å². The molecular weight excluding hydrogens is 174 g/mol. The van der Waals surface area contributed by atoms with Crippen molar-refractivity contribution < 1.29 is 0 Å². The SMILES string of the molecule is Clc1cccnc1C1=NCCN1. The zero-order chi connectivity index (χ0) is 8.39. The lowest BCUT2D eigenvalue weighted by atomic mass is 10.3. The number of pyridine rings is 1. The Morgan fingerprint density at radius 1 is 1.50 bits per heavy atom. The minimum atomic E-state index is 0.644. The van der Waals surface area contributed by atoms with Crippen molar-refractivity contribution in [3.05, 3.63) is 29.0 Å². The lowest BCUT2D eigenvalue weighted by Gasteiger charge is -2.01. The van der Waals surface area contributed by atoms with Gasteiger partial charge in [0.1, 0.15) is 11.5 Å². The van der Waals surface area contributed by atoms with Crippen LogP contribution in [0.4, 0.5) is 0 Å². The van der Waals surface area contributed by atoms with Gasteiger partial charge < -0.3 is 5.32 Å². The summed E-state index contributed by atoms with van der Waals surface area (Å²) in [6.45, 7) is 1.68. The second-order valence-electron chi connectivity index (χ2n) is 2.49. The van der Waals surface area contributed by atoms with Crippen LogP contribution in [-0.4, -0.2) is 23.9 Å². The monoisotopic (exact) mass is 181 g/mol. The van der Waals surface area contributed by atoms with E-state index in [1.807, 2.05) is 6.07 Å². The van der Waals surface area contributed by atoms with E-state index in [1.165, 1.54) is 0 Å². The smallest absolute Gasteiger partial charge is 0.148 e. The highest BCUT2D eigenvalue weighted by atomic mass is 35.5. The van der Waals surface area contributed by atoms with Crippen LogP contribution in [0.2, 0.25) is 5.02 Å². The Morgan fingerprint density at radius 3 is 3.08 bits per heavy atom. The number of aliphatic imine (C=N–C) groups is 1. The van der Waals surface area contributed by atoms with Gasteiger partial charge in [-0.3, -0.25) is 9.98 Å². The third-order valence-electron chi connectivity index (χ3n) is 1.66. The van der Waals surface area contributed by atoms with E-state index in [4.69, 9.17) is 11.6 Å². The minimum Gasteiger partial charge on any atom is -0.367 e. The fourth-order valence-corrected chi connectivity index (χ4v) is 1.33. The first-order chi connectivity index (χ1) is 5.88. The first-order valence-electron chi connectivity index (χ1n) is 3.77. The molecule has 62 valence electrons. The Bertz CT molecular complexity index is 322. The number of aromatic nitrogens is 1. The fraction of sp³-hybridized carbons (Fsp3) is 0.250. The number of amidine groups is 1. The van der Waals surface area contributed by atoms with Gasteiger partial charge in [0, 0.05) is 12.7 Å². The molecule has 0 saturated heterocycles. The molecule has 2 rings (SSSR count). The van der Waals surface area contributed by atoms with E-state index in [9.17, 15) is 0 Å². The van der Waals surface area contributed by atoms with Crippen LogP contribution in [0.5, 0.6) is 0 Å². The molecule has 1 aromatic rings. The molecule has 2 heterocycles. The Balaban J connectivity index is 2.39. The van der Waals surface area contributed by atoms with E-state index in [0.29, 0.717) is 5.02 Å². The maximum atomic E-state index is 5.92. The van der Waals surface area contributed by atoms with Gasteiger partial charge in [-0.05, 0) is 12.1 Å². The topological polar surface area (TPSA) is 37.3 Å². The van der Waals surface area contributed by atoms with Gasteiger partial charge in [0.15, 0.2) is 0 Å². The zero-order valence-electron chi connectivity index (χ0n) is 6.42. The normalized spacial score (nSPS) is 15.6. The Kier molecular flexibility index (Phi) is 1.96. The highest BCUT2D eigenvalue weighted by molar-refractivity contribution is 6.33. The first-order valence-corrected chi connectivity index (χ1v) is 4.15. The minimum absolute atomic E-state index is 0.644. The van der Waals surface area contributed by atoms with E-state index in [2.05, 4.69) is 15.3 Å². The summed E-state index contributed by atoms with van der Waals surface area (Å²) >= 11 is 5.92. The number of nitrogens with one attached hydrogen (secondary N) is 1. The Labute approximate surface area is 75.5 Å². The predicted molar refractivity (Wildman–Crippen MR) is 48.7 cm³/mol. The zero-order valence-corrected chi connectivity index (χ0v) is 7.17. The molecule has 1 N–H and O–H groups in total. The van der Waals surface area contributed by atoms with E-state index in [1.54, 1.807) is 12.3 Å². The summed E-state index contributed by atoms with van der Waals surface area (Å²) < 4.78 is 0. The lowest BCUT2D eigenvalue weighted by molar-refractivity contribution is 0.958. The Morgan fingerprint density at radius 2 is 2.42 bits per heavy atom. The molecule has 0 bridgehead atoms. The molecule has 0 spiro atoms. The molecule has 0 atom stereocenters. The van der Waals surface area contributed by atoms with Crippen molar-refractivity contribution in [2.45, 2.75) is 0 Å². The van der Waals surface area contributed by atoms with Crippen LogP contribution >= 0.6 is 11.6 Å². The molecular formula is C8H8ClN3. The molecule has 4 heteroatoms. The number of halogens is 1. The van der Waals surface area contributed by atoms with Crippen LogP contribution in [0.3, 0.4) is 0 Å². The van der Waals surface area contributed by atoms with Gasteiger partial charge in [-0.1, -0.05) is 11.6 Å². The summed E-state index contributed by atoms with van der Waals surface area (Å²) in [6.07, 6.45) is 1.71. The molecule has 0 aliphatic carbocycles.